The molecule has 0 saturated carbocycles. The smallest absolute Gasteiger partial charge is 0.280 e. The van der Waals surface area contributed by atoms with E-state index >= 15 is 0 Å². The zero-order chi connectivity index (χ0) is 21.3. The number of amides is 1. The maximum Gasteiger partial charge on any atom is 0.280 e. The number of hydrogen-bond acceptors (Lipinski definition) is 7. The van der Waals surface area contributed by atoms with Gasteiger partial charge in [-0.25, -0.2) is 4.98 Å². The van der Waals surface area contributed by atoms with Crippen molar-refractivity contribution in [2.75, 3.05) is 11.8 Å². The molecule has 154 valence electrons. The van der Waals surface area contributed by atoms with Crippen LogP contribution < -0.4 is 4.72 Å². The summed E-state index contributed by atoms with van der Waals surface area (Å²) in [5.41, 5.74) is 0.202. The molecule has 0 fully saturated rings. The Morgan fingerprint density at radius 3 is 2.90 bits per heavy atom. The highest BCUT2D eigenvalue weighted by Gasteiger charge is 2.24. The van der Waals surface area contributed by atoms with Gasteiger partial charge in [-0.2, -0.15) is 12.8 Å². The number of anilines is 1. The van der Waals surface area contributed by atoms with Crippen LogP contribution in [0.25, 0.3) is 10.1 Å². The first-order valence-electron chi connectivity index (χ1n) is 8.65. The quantitative estimate of drug-likeness (QED) is 0.464. The summed E-state index contributed by atoms with van der Waals surface area (Å²) in [5.74, 6) is 0.201. The summed E-state index contributed by atoms with van der Waals surface area (Å²) in [4.78, 5) is 18.4. The molecule has 11 heteroatoms. The van der Waals surface area contributed by atoms with Crippen LogP contribution in [0.3, 0.4) is 0 Å². The van der Waals surface area contributed by atoms with Crippen molar-refractivity contribution in [2.45, 2.75) is 11.6 Å². The van der Waals surface area contributed by atoms with Crippen molar-refractivity contribution in [1.29, 1.82) is 0 Å². The average Bonchev–Trinajstić information content (AvgIpc) is 3.38. The third-order valence-electron chi connectivity index (χ3n) is 4.28. The van der Waals surface area contributed by atoms with Gasteiger partial charge in [0.25, 0.3) is 15.9 Å². The van der Waals surface area contributed by atoms with Crippen LogP contribution in [0.2, 0.25) is 5.02 Å². The summed E-state index contributed by atoms with van der Waals surface area (Å²) in [7, 11) is -2.51. The number of benzene rings is 1. The summed E-state index contributed by atoms with van der Waals surface area (Å²) in [6.45, 7) is 0.224. The first-order valence-corrected chi connectivity index (χ1v) is 11.3. The zero-order valence-corrected chi connectivity index (χ0v) is 18.0. The summed E-state index contributed by atoms with van der Waals surface area (Å²) in [6.07, 6.45) is 4.36. The van der Waals surface area contributed by atoms with E-state index in [0.29, 0.717) is 15.8 Å². The van der Waals surface area contributed by atoms with Crippen molar-refractivity contribution in [3.05, 3.63) is 71.4 Å². The highest BCUT2D eigenvalue weighted by Crippen LogP contribution is 2.28. The normalized spacial score (nSPS) is 11.5. The fraction of sp³-hybridized carbons (Fsp3) is 0.105. The maximum atomic E-state index is 13.0. The van der Waals surface area contributed by atoms with Gasteiger partial charge < -0.3 is 9.32 Å². The van der Waals surface area contributed by atoms with Crippen LogP contribution in [0.1, 0.15) is 16.1 Å². The molecule has 0 bridgehead atoms. The van der Waals surface area contributed by atoms with Crippen LogP contribution in [0.5, 0.6) is 0 Å². The van der Waals surface area contributed by atoms with Crippen molar-refractivity contribution in [3.63, 3.8) is 0 Å². The lowest BCUT2D eigenvalue weighted by Gasteiger charge is -2.19. The zero-order valence-electron chi connectivity index (χ0n) is 15.6. The molecular weight excluding hydrogens is 448 g/mol. The molecule has 1 N–H and O–H groups in total. The third-order valence-corrected chi connectivity index (χ3v) is 6.60. The Morgan fingerprint density at radius 2 is 2.13 bits per heavy atom. The summed E-state index contributed by atoms with van der Waals surface area (Å²) >= 11 is 7.24. The molecule has 1 amide bonds. The second-order valence-corrected chi connectivity index (χ2v) is 9.26. The van der Waals surface area contributed by atoms with Crippen molar-refractivity contribution >= 4 is 54.8 Å². The molecule has 0 radical (unpaired) electrons. The number of nitrogens with zero attached hydrogens (tertiary/aromatic N) is 3. The molecule has 0 spiro atoms. The van der Waals surface area contributed by atoms with E-state index in [1.807, 2.05) is 0 Å². The molecule has 0 saturated heterocycles. The minimum absolute atomic E-state index is 0.0563. The van der Waals surface area contributed by atoms with Gasteiger partial charge in [0.1, 0.15) is 5.76 Å². The first kappa shape index (κ1) is 20.3. The van der Waals surface area contributed by atoms with Gasteiger partial charge in [-0.05, 0) is 47.9 Å². The molecule has 0 unspecified atom stereocenters. The highest BCUT2D eigenvalue weighted by molar-refractivity contribution is 7.92. The Hall–Kier alpha value is -2.95. The number of furan rings is 1. The average molecular weight is 463 g/mol. The van der Waals surface area contributed by atoms with Gasteiger partial charge in [0, 0.05) is 18.3 Å². The minimum Gasteiger partial charge on any atom is -0.467 e. The molecule has 0 aliphatic rings. The summed E-state index contributed by atoms with van der Waals surface area (Å²) < 4.78 is 38.5. The van der Waals surface area contributed by atoms with E-state index in [1.165, 1.54) is 53.3 Å². The Labute approximate surface area is 181 Å². The van der Waals surface area contributed by atoms with Gasteiger partial charge in [0.2, 0.25) is 0 Å². The Morgan fingerprint density at radius 1 is 1.30 bits per heavy atom. The van der Waals surface area contributed by atoms with E-state index < -0.39 is 15.9 Å². The molecule has 4 rings (SSSR count). The SMILES string of the molecule is CN(Cc1ccco1)C(=O)c1ccc(Cl)cc1NS(=O)(=O)c1nccc2sncc12. The number of halogens is 1. The van der Waals surface area contributed by atoms with E-state index in [-0.39, 0.29) is 27.8 Å². The van der Waals surface area contributed by atoms with E-state index in [2.05, 4.69) is 14.1 Å². The predicted molar refractivity (Wildman–Crippen MR) is 114 cm³/mol. The van der Waals surface area contributed by atoms with E-state index in [4.69, 9.17) is 16.0 Å². The number of hydrogen-bond donors (Lipinski definition) is 1. The fourth-order valence-electron chi connectivity index (χ4n) is 2.88. The standard InChI is InChI=1S/C19H15ClN4O4S2/c1-24(11-13-3-2-8-28-13)19(25)14-5-4-12(20)9-16(14)23-30(26,27)18-15-10-22-29-17(15)6-7-21-18/h2-10,23H,11H2,1H3. The van der Waals surface area contributed by atoms with Gasteiger partial charge in [-0.3, -0.25) is 9.52 Å². The number of pyridine rings is 1. The van der Waals surface area contributed by atoms with Gasteiger partial charge >= 0.3 is 0 Å². The predicted octanol–water partition coefficient (Wildman–Crippen LogP) is 4.01. The monoisotopic (exact) mass is 462 g/mol. The molecule has 3 aromatic heterocycles. The van der Waals surface area contributed by atoms with Crippen LogP contribution >= 0.6 is 23.1 Å². The molecule has 30 heavy (non-hydrogen) atoms. The lowest BCUT2D eigenvalue weighted by Crippen LogP contribution is -2.27. The molecular formula is C19H15ClN4O4S2. The third kappa shape index (κ3) is 4.02. The minimum atomic E-state index is -4.10. The topological polar surface area (TPSA) is 105 Å². The summed E-state index contributed by atoms with van der Waals surface area (Å²) in [5, 5.41) is 0.511. The summed E-state index contributed by atoms with van der Waals surface area (Å²) in [6, 6.07) is 9.54. The highest BCUT2D eigenvalue weighted by atomic mass is 35.5. The van der Waals surface area contributed by atoms with E-state index in [9.17, 15) is 13.2 Å². The molecule has 1 aromatic carbocycles. The number of carbonyl (C=O) groups is 1. The van der Waals surface area contributed by atoms with Gasteiger partial charge in [0.05, 0.1) is 40.3 Å². The lowest BCUT2D eigenvalue weighted by atomic mass is 10.1. The fourth-order valence-corrected chi connectivity index (χ4v) is 4.96. The van der Waals surface area contributed by atoms with Crippen LogP contribution in [0.4, 0.5) is 5.69 Å². The molecule has 4 aromatic rings. The Kier molecular flexibility index (Phi) is 5.46. The number of carbonyl (C=O) groups excluding carboxylic acids is 1. The first-order chi connectivity index (χ1) is 14.3. The largest absolute Gasteiger partial charge is 0.467 e. The molecule has 3 heterocycles. The molecule has 0 aliphatic carbocycles. The van der Waals surface area contributed by atoms with Gasteiger partial charge in [0.15, 0.2) is 5.03 Å². The van der Waals surface area contributed by atoms with Crippen molar-refractivity contribution in [1.82, 2.24) is 14.3 Å². The van der Waals surface area contributed by atoms with Crippen LogP contribution in [0, 0.1) is 0 Å². The van der Waals surface area contributed by atoms with E-state index in [1.54, 1.807) is 25.2 Å². The number of aromatic nitrogens is 2. The second kappa shape index (κ2) is 8.05. The molecule has 8 nitrogen and oxygen atoms in total. The van der Waals surface area contributed by atoms with Crippen LogP contribution in [0.15, 0.2) is 64.5 Å². The number of fused-ring (bicyclic) bond motifs is 1. The van der Waals surface area contributed by atoms with Crippen molar-refractivity contribution in [2.24, 2.45) is 0 Å². The Bertz CT molecular complexity index is 1320. The van der Waals surface area contributed by atoms with Crippen molar-refractivity contribution < 1.29 is 17.6 Å². The number of nitrogens with one attached hydrogen (secondary N) is 1. The maximum absolute atomic E-state index is 13.0. The second-order valence-electron chi connectivity index (χ2n) is 6.39. The molecule has 0 atom stereocenters. The van der Waals surface area contributed by atoms with Gasteiger partial charge in [-0.15, -0.1) is 0 Å². The van der Waals surface area contributed by atoms with Crippen LogP contribution in [-0.4, -0.2) is 35.6 Å². The molecule has 0 aliphatic heterocycles. The lowest BCUT2D eigenvalue weighted by molar-refractivity contribution is 0.0776. The van der Waals surface area contributed by atoms with E-state index in [0.717, 1.165) is 0 Å². The Balaban J connectivity index is 1.68. The number of rotatable bonds is 6. The number of sulfonamides is 1. The van der Waals surface area contributed by atoms with Gasteiger partial charge in [-0.1, -0.05) is 11.6 Å². The van der Waals surface area contributed by atoms with Crippen molar-refractivity contribution in [3.8, 4) is 0 Å². The van der Waals surface area contributed by atoms with Crippen LogP contribution in [-0.2, 0) is 16.6 Å².